The van der Waals surface area contributed by atoms with Gasteiger partial charge < -0.3 is 9.84 Å². The lowest BCUT2D eigenvalue weighted by Crippen LogP contribution is -2.45. The van der Waals surface area contributed by atoms with Gasteiger partial charge in [-0.2, -0.15) is 0 Å². The number of carboxylic acid groups (broad SMARTS) is 1. The third-order valence-electron chi connectivity index (χ3n) is 4.35. The second kappa shape index (κ2) is 4.17. The van der Waals surface area contributed by atoms with Gasteiger partial charge in [0, 0.05) is 0 Å². The van der Waals surface area contributed by atoms with E-state index in [1.54, 1.807) is 0 Å². The van der Waals surface area contributed by atoms with Gasteiger partial charge in [-0.1, -0.05) is 19.1 Å². The average molecular weight is 238 g/mol. The Balaban J connectivity index is 2.38. The summed E-state index contributed by atoms with van der Waals surface area (Å²) in [5.74, 6) is -1.49. The van der Waals surface area contributed by atoms with Crippen LogP contribution in [-0.2, 0) is 14.3 Å². The van der Waals surface area contributed by atoms with Crippen molar-refractivity contribution in [2.24, 2.45) is 23.2 Å². The second-order valence-electron chi connectivity index (χ2n) is 5.02. The number of allylic oxidation sites excluding steroid dienone is 2. The summed E-state index contributed by atoms with van der Waals surface area (Å²) in [5.41, 5.74) is -0.943. The molecule has 1 N–H and O–H groups in total. The summed E-state index contributed by atoms with van der Waals surface area (Å²) >= 11 is 0. The molecule has 0 aliphatic heterocycles. The second-order valence-corrected chi connectivity index (χ2v) is 5.02. The number of esters is 1. The Morgan fingerprint density at radius 3 is 2.59 bits per heavy atom. The largest absolute Gasteiger partial charge is 0.481 e. The molecule has 0 aromatic heterocycles. The van der Waals surface area contributed by atoms with E-state index in [0.29, 0.717) is 18.8 Å². The van der Waals surface area contributed by atoms with E-state index in [4.69, 9.17) is 4.74 Å². The first-order valence-electron chi connectivity index (χ1n) is 6.05. The van der Waals surface area contributed by atoms with Crippen LogP contribution in [0, 0.1) is 23.2 Å². The highest BCUT2D eigenvalue weighted by atomic mass is 16.5. The highest BCUT2D eigenvalue weighted by Gasteiger charge is 2.59. The quantitative estimate of drug-likeness (QED) is 0.599. The summed E-state index contributed by atoms with van der Waals surface area (Å²) in [7, 11) is 1.32. The molecule has 2 bridgehead atoms. The molecule has 0 saturated heterocycles. The molecule has 0 amide bonds. The van der Waals surface area contributed by atoms with Gasteiger partial charge in [-0.05, 0) is 31.1 Å². The Hall–Kier alpha value is -1.32. The van der Waals surface area contributed by atoms with E-state index in [-0.39, 0.29) is 5.92 Å². The Kier molecular flexibility index (Phi) is 2.98. The van der Waals surface area contributed by atoms with Crippen molar-refractivity contribution in [3.63, 3.8) is 0 Å². The Morgan fingerprint density at radius 1 is 1.53 bits per heavy atom. The third-order valence-corrected chi connectivity index (χ3v) is 4.35. The normalized spacial score (nSPS) is 35.9. The number of carbonyl (C=O) groups excluding carboxylic acids is 1. The van der Waals surface area contributed by atoms with Crippen molar-refractivity contribution in [1.29, 1.82) is 0 Å². The van der Waals surface area contributed by atoms with Gasteiger partial charge in [0.05, 0.1) is 18.4 Å². The predicted octanol–water partition coefficient (Wildman–Crippen LogP) is 1.85. The molecule has 2 rings (SSSR count). The van der Waals surface area contributed by atoms with E-state index in [9.17, 15) is 14.7 Å². The number of rotatable bonds is 4. The summed E-state index contributed by atoms with van der Waals surface area (Å²) < 4.78 is 4.77. The number of fused-ring (bicyclic) bond motifs is 2. The van der Waals surface area contributed by atoms with E-state index in [2.05, 4.69) is 6.08 Å². The molecule has 4 nitrogen and oxygen atoms in total. The van der Waals surface area contributed by atoms with Crippen LogP contribution in [0.5, 0.6) is 0 Å². The number of hydrogen-bond donors (Lipinski definition) is 1. The van der Waals surface area contributed by atoms with Crippen molar-refractivity contribution in [1.82, 2.24) is 0 Å². The lowest BCUT2D eigenvalue weighted by molar-refractivity contribution is -0.167. The summed E-state index contributed by atoms with van der Waals surface area (Å²) in [5, 5.41) is 9.59. The number of carboxylic acids is 1. The molecule has 0 spiro atoms. The van der Waals surface area contributed by atoms with Crippen LogP contribution in [-0.4, -0.2) is 24.2 Å². The molecule has 0 radical (unpaired) electrons. The molecule has 1 saturated carbocycles. The highest BCUT2D eigenvalue weighted by Crippen LogP contribution is 2.57. The highest BCUT2D eigenvalue weighted by molar-refractivity contribution is 5.85. The van der Waals surface area contributed by atoms with Gasteiger partial charge in [0.15, 0.2) is 0 Å². The van der Waals surface area contributed by atoms with Gasteiger partial charge in [0.1, 0.15) is 0 Å². The van der Waals surface area contributed by atoms with Crippen molar-refractivity contribution in [3.05, 3.63) is 12.2 Å². The number of ether oxygens (including phenoxy) is 1. The minimum Gasteiger partial charge on any atom is -0.481 e. The molecule has 4 atom stereocenters. The molecule has 1 fully saturated rings. The smallest absolute Gasteiger partial charge is 0.311 e. The van der Waals surface area contributed by atoms with Crippen molar-refractivity contribution in [2.75, 3.05) is 7.11 Å². The Labute approximate surface area is 101 Å². The molecular weight excluding hydrogens is 220 g/mol. The maximum Gasteiger partial charge on any atom is 0.311 e. The summed E-state index contributed by atoms with van der Waals surface area (Å²) in [6.07, 6.45) is 5.98. The van der Waals surface area contributed by atoms with Gasteiger partial charge >= 0.3 is 11.9 Å². The number of hydrogen-bond acceptors (Lipinski definition) is 3. The van der Waals surface area contributed by atoms with Gasteiger partial charge in [0.25, 0.3) is 0 Å². The van der Waals surface area contributed by atoms with Crippen LogP contribution in [0.25, 0.3) is 0 Å². The maximum atomic E-state index is 11.8. The lowest BCUT2D eigenvalue weighted by atomic mass is 9.65. The topological polar surface area (TPSA) is 63.6 Å². The van der Waals surface area contributed by atoms with Crippen molar-refractivity contribution in [3.8, 4) is 0 Å². The summed E-state index contributed by atoms with van der Waals surface area (Å²) in [6, 6.07) is 0. The molecule has 0 aromatic rings. The van der Waals surface area contributed by atoms with Gasteiger partial charge in [-0.15, -0.1) is 0 Å². The van der Waals surface area contributed by atoms with Crippen LogP contribution in [0.1, 0.15) is 26.2 Å². The zero-order chi connectivity index (χ0) is 12.6. The molecule has 17 heavy (non-hydrogen) atoms. The molecule has 0 aromatic carbocycles. The predicted molar refractivity (Wildman–Crippen MR) is 61.2 cm³/mol. The van der Waals surface area contributed by atoms with Crippen LogP contribution in [0.2, 0.25) is 0 Å². The van der Waals surface area contributed by atoms with Gasteiger partial charge in [0.2, 0.25) is 0 Å². The standard InChI is InChI=1S/C13H18O4/c1-3-10(11(14)17-2)13(12(15)16)7-8-4-5-9(13)6-8/h4-5,8-10H,3,6-7H2,1-2H3,(H,15,16). The molecule has 4 unspecified atom stereocenters. The average Bonchev–Trinajstić information content (AvgIpc) is 2.90. The first kappa shape index (κ1) is 12.1. The SMILES string of the molecule is CCC(C(=O)OC)C1(C(=O)O)CC2C=CC1C2. The first-order chi connectivity index (χ1) is 8.06. The van der Waals surface area contributed by atoms with Crippen molar-refractivity contribution in [2.45, 2.75) is 26.2 Å². The summed E-state index contributed by atoms with van der Waals surface area (Å²) in [6.45, 7) is 1.85. The molecule has 2 aliphatic carbocycles. The molecule has 4 heteroatoms. The lowest BCUT2D eigenvalue weighted by Gasteiger charge is -2.36. The number of aliphatic carboxylic acids is 1. The van der Waals surface area contributed by atoms with Gasteiger partial charge in [-0.25, -0.2) is 0 Å². The fourth-order valence-electron chi connectivity index (χ4n) is 3.57. The van der Waals surface area contributed by atoms with E-state index in [1.165, 1.54) is 7.11 Å². The van der Waals surface area contributed by atoms with E-state index in [0.717, 1.165) is 6.42 Å². The molecule has 94 valence electrons. The maximum absolute atomic E-state index is 11.8. The number of methoxy groups -OCH3 is 1. The molecular formula is C13H18O4. The van der Waals surface area contributed by atoms with Crippen LogP contribution in [0.3, 0.4) is 0 Å². The zero-order valence-electron chi connectivity index (χ0n) is 10.2. The van der Waals surface area contributed by atoms with E-state index >= 15 is 0 Å². The van der Waals surface area contributed by atoms with Crippen LogP contribution in [0.4, 0.5) is 0 Å². The van der Waals surface area contributed by atoms with Crippen LogP contribution < -0.4 is 0 Å². The Bertz CT molecular complexity index is 374. The molecule has 2 aliphatic rings. The summed E-state index contributed by atoms with van der Waals surface area (Å²) in [4.78, 5) is 23.5. The molecule has 0 heterocycles. The monoisotopic (exact) mass is 238 g/mol. The first-order valence-corrected chi connectivity index (χ1v) is 6.05. The van der Waals surface area contributed by atoms with Crippen LogP contribution in [0.15, 0.2) is 12.2 Å². The minimum atomic E-state index is -0.943. The number of carbonyl (C=O) groups is 2. The van der Waals surface area contributed by atoms with Gasteiger partial charge in [-0.3, -0.25) is 9.59 Å². The van der Waals surface area contributed by atoms with E-state index < -0.39 is 23.3 Å². The Morgan fingerprint density at radius 2 is 2.24 bits per heavy atom. The van der Waals surface area contributed by atoms with E-state index in [1.807, 2.05) is 13.0 Å². The third kappa shape index (κ3) is 1.58. The van der Waals surface area contributed by atoms with Crippen molar-refractivity contribution >= 4 is 11.9 Å². The van der Waals surface area contributed by atoms with Crippen LogP contribution >= 0.6 is 0 Å². The zero-order valence-corrected chi connectivity index (χ0v) is 10.2. The fourth-order valence-corrected chi connectivity index (χ4v) is 3.57. The van der Waals surface area contributed by atoms with Crippen molar-refractivity contribution < 1.29 is 19.4 Å². The fraction of sp³-hybridized carbons (Fsp3) is 0.692. The minimum absolute atomic E-state index is 0.0194.